The Labute approximate surface area is 162 Å². The molecule has 0 amide bonds. The molecule has 0 N–H and O–H groups in total. The Balaban J connectivity index is 1.79. The van der Waals surface area contributed by atoms with Crippen LogP contribution in [0.1, 0.15) is 79.1 Å². The Bertz CT molecular complexity index is 669. The van der Waals surface area contributed by atoms with E-state index in [4.69, 9.17) is 4.74 Å². The van der Waals surface area contributed by atoms with Crippen molar-refractivity contribution in [3.63, 3.8) is 0 Å². The normalized spacial score (nSPS) is 49.2. The predicted molar refractivity (Wildman–Crippen MR) is 102 cm³/mol. The first-order chi connectivity index (χ1) is 12.7. The minimum atomic E-state index is -0.534. The number of fused-ring (bicyclic) bond motifs is 5. The highest BCUT2D eigenvalue weighted by Gasteiger charge is 2.69. The molecule has 150 valence electrons. The maximum atomic E-state index is 13.2. The van der Waals surface area contributed by atoms with Crippen LogP contribution >= 0.6 is 0 Å². The van der Waals surface area contributed by atoms with Crippen molar-refractivity contribution in [3.8, 4) is 0 Å². The van der Waals surface area contributed by atoms with E-state index in [-0.39, 0.29) is 46.8 Å². The summed E-state index contributed by atoms with van der Waals surface area (Å²) in [7, 11) is 0. The van der Waals surface area contributed by atoms with E-state index in [0.29, 0.717) is 18.3 Å². The molecule has 4 saturated carbocycles. The molecule has 8 atom stereocenters. The maximum absolute atomic E-state index is 13.2. The number of rotatable bonds is 2. The van der Waals surface area contributed by atoms with E-state index in [2.05, 4.69) is 13.8 Å². The number of carbonyl (C=O) groups excluding carboxylic acids is 3. The van der Waals surface area contributed by atoms with Gasteiger partial charge in [0.15, 0.2) is 0 Å². The van der Waals surface area contributed by atoms with E-state index in [1.165, 1.54) is 39.0 Å². The highest BCUT2D eigenvalue weighted by Crippen LogP contribution is 2.66. The number of esters is 1. The highest BCUT2D eigenvalue weighted by atomic mass is 16.5. The van der Waals surface area contributed by atoms with E-state index in [1.807, 2.05) is 6.92 Å². The third-order valence-corrected chi connectivity index (χ3v) is 9.23. The van der Waals surface area contributed by atoms with E-state index >= 15 is 0 Å². The Kier molecular flexibility index (Phi) is 4.55. The molecule has 4 nitrogen and oxygen atoms in total. The average molecular weight is 375 g/mol. The summed E-state index contributed by atoms with van der Waals surface area (Å²) in [5.74, 6) is 0.119. The predicted octanol–water partition coefficient (Wildman–Crippen LogP) is 4.35. The molecule has 0 radical (unpaired) electrons. The van der Waals surface area contributed by atoms with Crippen LogP contribution in [0.5, 0.6) is 0 Å². The summed E-state index contributed by atoms with van der Waals surface area (Å²) in [6.07, 6.45) is 8.42. The second-order valence-electron chi connectivity index (χ2n) is 10.2. The molecule has 0 aromatic heterocycles. The van der Waals surface area contributed by atoms with Crippen molar-refractivity contribution in [3.05, 3.63) is 0 Å². The standard InChI is InChI=1S/C23H34O4/c1-5-16-20(25)21(26)19-15-10-9-14-8-6-7-11-22(14,3)17(15)12-18(23(16,19)4)27-13(2)24/h14-19H,5-12H2,1-4H3/t14?,15-,16+,17+,18?,19-,22+,23+/m1/s1. The molecular weight excluding hydrogens is 340 g/mol. The summed E-state index contributed by atoms with van der Waals surface area (Å²) in [5.41, 5.74) is -0.317. The molecule has 0 aromatic carbocycles. The van der Waals surface area contributed by atoms with Gasteiger partial charge in [0, 0.05) is 24.2 Å². The zero-order valence-corrected chi connectivity index (χ0v) is 17.3. The monoisotopic (exact) mass is 374 g/mol. The lowest BCUT2D eigenvalue weighted by atomic mass is 9.44. The lowest BCUT2D eigenvalue weighted by Gasteiger charge is -2.61. The smallest absolute Gasteiger partial charge is 0.302 e. The largest absolute Gasteiger partial charge is 0.462 e. The zero-order chi connectivity index (χ0) is 19.6. The quantitative estimate of drug-likeness (QED) is 0.533. The lowest BCUT2D eigenvalue weighted by Crippen LogP contribution is -2.59. The van der Waals surface area contributed by atoms with Crippen molar-refractivity contribution >= 4 is 17.5 Å². The van der Waals surface area contributed by atoms with Gasteiger partial charge >= 0.3 is 5.97 Å². The fourth-order valence-corrected chi connectivity index (χ4v) is 7.99. The van der Waals surface area contributed by atoms with Crippen molar-refractivity contribution in [2.24, 2.45) is 40.4 Å². The fraction of sp³-hybridized carbons (Fsp3) is 0.870. The van der Waals surface area contributed by atoms with Crippen LogP contribution in [0.15, 0.2) is 0 Å². The second-order valence-corrected chi connectivity index (χ2v) is 10.2. The number of ether oxygens (including phenoxy) is 1. The van der Waals surface area contributed by atoms with E-state index in [9.17, 15) is 14.4 Å². The fourth-order valence-electron chi connectivity index (χ4n) is 7.99. The SMILES string of the molecule is CC[C@H]1C(=O)C(=O)[C@H]2[C@@H]3CCC4CCCC[C@]4(C)[C@H]3CC(OC(C)=O)[C@]12C. The number of hydrogen-bond acceptors (Lipinski definition) is 4. The number of ketones is 2. The van der Waals surface area contributed by atoms with Gasteiger partial charge in [0.05, 0.1) is 0 Å². The average Bonchev–Trinajstić information content (AvgIpc) is 2.81. The molecule has 2 unspecified atom stereocenters. The third kappa shape index (κ3) is 2.50. The van der Waals surface area contributed by atoms with Gasteiger partial charge in [-0.15, -0.1) is 0 Å². The number of Topliss-reactive ketones (excluding diaryl/α,β-unsaturated/α-hetero) is 2. The Morgan fingerprint density at radius 1 is 1.11 bits per heavy atom. The first kappa shape index (κ1) is 19.1. The zero-order valence-electron chi connectivity index (χ0n) is 17.3. The topological polar surface area (TPSA) is 60.4 Å². The summed E-state index contributed by atoms with van der Waals surface area (Å²) in [5, 5.41) is 0. The molecule has 0 saturated heterocycles. The van der Waals surface area contributed by atoms with Crippen LogP contribution < -0.4 is 0 Å². The van der Waals surface area contributed by atoms with Gasteiger partial charge in [-0.3, -0.25) is 14.4 Å². The van der Waals surface area contributed by atoms with Crippen LogP contribution in [0, 0.1) is 40.4 Å². The van der Waals surface area contributed by atoms with Crippen LogP contribution in [0.3, 0.4) is 0 Å². The van der Waals surface area contributed by atoms with Crippen LogP contribution in [0.4, 0.5) is 0 Å². The van der Waals surface area contributed by atoms with Crippen LogP contribution in [0.2, 0.25) is 0 Å². The van der Waals surface area contributed by atoms with Crippen molar-refractivity contribution in [1.29, 1.82) is 0 Å². The molecule has 0 aliphatic heterocycles. The Morgan fingerprint density at radius 3 is 2.52 bits per heavy atom. The maximum Gasteiger partial charge on any atom is 0.302 e. The molecule has 0 heterocycles. The molecule has 0 bridgehead atoms. The van der Waals surface area contributed by atoms with Crippen LogP contribution in [-0.4, -0.2) is 23.6 Å². The van der Waals surface area contributed by atoms with Gasteiger partial charge in [-0.1, -0.05) is 33.6 Å². The van der Waals surface area contributed by atoms with Crippen molar-refractivity contribution < 1.29 is 19.1 Å². The highest BCUT2D eigenvalue weighted by molar-refractivity contribution is 6.41. The Morgan fingerprint density at radius 2 is 1.85 bits per heavy atom. The minimum Gasteiger partial charge on any atom is -0.462 e. The molecule has 0 aromatic rings. The van der Waals surface area contributed by atoms with Gasteiger partial charge in [0.25, 0.3) is 0 Å². The molecule has 27 heavy (non-hydrogen) atoms. The second kappa shape index (κ2) is 6.42. The van der Waals surface area contributed by atoms with E-state index in [0.717, 1.165) is 12.8 Å². The van der Waals surface area contributed by atoms with Crippen LogP contribution in [-0.2, 0) is 19.1 Å². The summed E-state index contributed by atoms with van der Waals surface area (Å²) in [4.78, 5) is 38.0. The third-order valence-electron chi connectivity index (χ3n) is 9.23. The number of hydrogen-bond donors (Lipinski definition) is 0. The van der Waals surface area contributed by atoms with E-state index < -0.39 is 5.41 Å². The summed E-state index contributed by atoms with van der Waals surface area (Å²) in [6, 6.07) is 0. The van der Waals surface area contributed by atoms with Crippen LogP contribution in [0.25, 0.3) is 0 Å². The van der Waals surface area contributed by atoms with Gasteiger partial charge in [-0.25, -0.2) is 0 Å². The van der Waals surface area contributed by atoms with Gasteiger partial charge in [-0.05, 0) is 61.7 Å². The molecular formula is C23H34O4. The number of carbonyl (C=O) groups is 3. The molecule has 0 spiro atoms. The van der Waals surface area contributed by atoms with Gasteiger partial charge < -0.3 is 4.74 Å². The molecule has 4 heteroatoms. The van der Waals surface area contributed by atoms with Crippen molar-refractivity contribution in [1.82, 2.24) is 0 Å². The van der Waals surface area contributed by atoms with Gasteiger partial charge in [0.1, 0.15) is 6.10 Å². The Hall–Kier alpha value is -1.19. The van der Waals surface area contributed by atoms with Gasteiger partial charge in [-0.2, -0.15) is 0 Å². The lowest BCUT2D eigenvalue weighted by molar-refractivity contribution is -0.191. The molecule has 4 aliphatic carbocycles. The first-order valence-electron chi connectivity index (χ1n) is 11.0. The van der Waals surface area contributed by atoms with E-state index in [1.54, 1.807) is 0 Å². The minimum absolute atomic E-state index is 0.172. The summed E-state index contributed by atoms with van der Waals surface area (Å²) < 4.78 is 5.87. The first-order valence-corrected chi connectivity index (χ1v) is 11.0. The summed E-state index contributed by atoms with van der Waals surface area (Å²) >= 11 is 0. The van der Waals surface area contributed by atoms with Crippen molar-refractivity contribution in [2.75, 3.05) is 0 Å². The summed E-state index contributed by atoms with van der Waals surface area (Å²) in [6.45, 7) is 7.92. The van der Waals surface area contributed by atoms with Gasteiger partial charge in [0.2, 0.25) is 11.6 Å². The molecule has 4 rings (SSSR count). The molecule has 4 aliphatic rings. The molecule has 4 fully saturated rings. The van der Waals surface area contributed by atoms with Crippen molar-refractivity contribution in [2.45, 2.75) is 85.2 Å².